The number of fused-ring (bicyclic) bond motifs is 1. The molecule has 0 spiro atoms. The second-order valence-corrected chi connectivity index (χ2v) is 5.98. The van der Waals surface area contributed by atoms with E-state index in [1.807, 2.05) is 0 Å². The molecule has 3 rings (SSSR count). The Bertz CT molecular complexity index is 640. The molecule has 1 heterocycles. The highest BCUT2D eigenvalue weighted by atomic mass is 19.1. The fourth-order valence-electron chi connectivity index (χ4n) is 3.70. The molecule has 7 heteroatoms. The van der Waals surface area contributed by atoms with E-state index in [2.05, 4.69) is 0 Å². The van der Waals surface area contributed by atoms with E-state index in [0.717, 1.165) is 11.3 Å². The lowest BCUT2D eigenvalue weighted by Crippen LogP contribution is -2.37. The van der Waals surface area contributed by atoms with Crippen LogP contribution >= 0.6 is 0 Å². The summed E-state index contributed by atoms with van der Waals surface area (Å²) in [6, 6.07) is 0.889. The number of likely N-dealkylation sites (tertiary alicyclic amines) is 1. The fourth-order valence-corrected chi connectivity index (χ4v) is 3.70. The van der Waals surface area contributed by atoms with Gasteiger partial charge in [0.05, 0.1) is 5.41 Å². The summed E-state index contributed by atoms with van der Waals surface area (Å²) >= 11 is 0. The molecule has 1 amide bonds. The summed E-state index contributed by atoms with van der Waals surface area (Å²) in [6.45, 7) is 0.0868. The number of hydrogen-bond acceptors (Lipinski definition) is 2. The Balaban J connectivity index is 1.91. The molecule has 22 heavy (non-hydrogen) atoms. The molecule has 2 aliphatic rings. The molecule has 118 valence electrons. The first-order chi connectivity index (χ1) is 10.3. The summed E-state index contributed by atoms with van der Waals surface area (Å²) < 4.78 is 40.4. The Hall–Kier alpha value is -2.05. The number of hydrogen-bond donors (Lipinski definition) is 1. The summed E-state index contributed by atoms with van der Waals surface area (Å²) in [6.07, 6.45) is 1.88. The van der Waals surface area contributed by atoms with Crippen LogP contribution in [0.4, 0.5) is 13.2 Å². The van der Waals surface area contributed by atoms with Crippen LogP contribution < -0.4 is 0 Å². The molecule has 1 N–H and O–H groups in total. The van der Waals surface area contributed by atoms with Crippen molar-refractivity contribution >= 4 is 11.9 Å². The number of carbonyl (C=O) groups is 2. The van der Waals surface area contributed by atoms with Gasteiger partial charge in [-0.2, -0.15) is 0 Å². The Morgan fingerprint density at radius 2 is 1.86 bits per heavy atom. The van der Waals surface area contributed by atoms with Crippen molar-refractivity contribution in [2.45, 2.75) is 19.3 Å². The van der Waals surface area contributed by atoms with Crippen LogP contribution in [0, 0.1) is 28.8 Å². The Kier molecular flexibility index (Phi) is 3.38. The average Bonchev–Trinajstić information content (AvgIpc) is 2.94. The normalized spacial score (nSPS) is 27.0. The Labute approximate surface area is 124 Å². The first kappa shape index (κ1) is 14.9. The second kappa shape index (κ2) is 5.00. The van der Waals surface area contributed by atoms with Crippen LogP contribution in [-0.4, -0.2) is 35.0 Å². The van der Waals surface area contributed by atoms with E-state index in [1.54, 1.807) is 0 Å². The van der Waals surface area contributed by atoms with Crippen molar-refractivity contribution < 1.29 is 27.9 Å². The number of carboxylic acid groups (broad SMARTS) is 1. The van der Waals surface area contributed by atoms with Gasteiger partial charge in [0, 0.05) is 25.2 Å². The van der Waals surface area contributed by atoms with Crippen molar-refractivity contribution in [2.75, 3.05) is 13.1 Å². The van der Waals surface area contributed by atoms with E-state index in [1.165, 1.54) is 0 Å². The third kappa shape index (κ3) is 2.07. The minimum absolute atomic E-state index is 0.0674. The molecule has 1 aromatic carbocycles. The molecule has 2 fully saturated rings. The molecular weight excluding hydrogens is 299 g/mol. The molecule has 0 bridgehead atoms. The van der Waals surface area contributed by atoms with Gasteiger partial charge >= 0.3 is 5.97 Å². The average molecular weight is 313 g/mol. The van der Waals surface area contributed by atoms with Crippen LogP contribution in [0.2, 0.25) is 0 Å². The van der Waals surface area contributed by atoms with Crippen LogP contribution in [-0.2, 0) is 4.79 Å². The first-order valence-electron chi connectivity index (χ1n) is 7.02. The fraction of sp³-hybridized carbons (Fsp3) is 0.467. The lowest BCUT2D eigenvalue weighted by atomic mass is 9.81. The van der Waals surface area contributed by atoms with Gasteiger partial charge in [0.2, 0.25) is 0 Å². The molecule has 1 saturated heterocycles. The second-order valence-electron chi connectivity index (χ2n) is 5.98. The number of halogens is 3. The third-order valence-electron chi connectivity index (χ3n) is 4.80. The quantitative estimate of drug-likeness (QED) is 0.912. The predicted octanol–water partition coefficient (Wildman–Crippen LogP) is 2.43. The maximum Gasteiger partial charge on any atom is 0.311 e. The lowest BCUT2D eigenvalue weighted by Gasteiger charge is -2.23. The van der Waals surface area contributed by atoms with Crippen molar-refractivity contribution in [1.82, 2.24) is 4.90 Å². The maximum atomic E-state index is 13.7. The van der Waals surface area contributed by atoms with Crippen molar-refractivity contribution in [3.63, 3.8) is 0 Å². The van der Waals surface area contributed by atoms with Gasteiger partial charge in [-0.3, -0.25) is 9.59 Å². The first-order valence-corrected chi connectivity index (χ1v) is 7.02. The topological polar surface area (TPSA) is 57.6 Å². The summed E-state index contributed by atoms with van der Waals surface area (Å²) in [5.74, 6) is -5.77. The zero-order valence-corrected chi connectivity index (χ0v) is 11.6. The van der Waals surface area contributed by atoms with E-state index in [4.69, 9.17) is 0 Å². The van der Waals surface area contributed by atoms with Gasteiger partial charge in [-0.15, -0.1) is 0 Å². The summed E-state index contributed by atoms with van der Waals surface area (Å²) in [5, 5.41) is 9.45. The summed E-state index contributed by atoms with van der Waals surface area (Å²) in [4.78, 5) is 25.0. The van der Waals surface area contributed by atoms with Gasteiger partial charge in [-0.1, -0.05) is 6.42 Å². The van der Waals surface area contributed by atoms with Crippen LogP contribution in [0.5, 0.6) is 0 Å². The number of carbonyl (C=O) groups excluding carboxylic acids is 1. The van der Waals surface area contributed by atoms with Crippen molar-refractivity contribution in [3.8, 4) is 0 Å². The monoisotopic (exact) mass is 313 g/mol. The summed E-state index contributed by atoms with van der Waals surface area (Å²) in [5.41, 5.74) is -1.86. The highest BCUT2D eigenvalue weighted by molar-refractivity contribution is 5.95. The minimum atomic E-state index is -1.27. The maximum absolute atomic E-state index is 13.7. The largest absolute Gasteiger partial charge is 0.481 e. The van der Waals surface area contributed by atoms with Crippen molar-refractivity contribution in [2.24, 2.45) is 11.3 Å². The molecule has 2 atom stereocenters. The van der Waals surface area contributed by atoms with Gasteiger partial charge in [0.1, 0.15) is 23.0 Å². The highest BCUT2D eigenvalue weighted by Gasteiger charge is 2.56. The standard InChI is InChI=1S/C15H14F3NO3/c16-9-4-10(17)12(11(18)5-9)13(20)19-6-8-2-1-3-15(8,7-19)14(21)22/h4-5,8H,1-3,6-7H2,(H,21,22)/t8-,15+/m0/s1. The van der Waals surface area contributed by atoms with Gasteiger partial charge in [-0.25, -0.2) is 13.2 Å². The van der Waals surface area contributed by atoms with Crippen LogP contribution in [0.1, 0.15) is 29.6 Å². The Morgan fingerprint density at radius 3 is 2.41 bits per heavy atom. The highest BCUT2D eigenvalue weighted by Crippen LogP contribution is 2.49. The van der Waals surface area contributed by atoms with E-state index >= 15 is 0 Å². The van der Waals surface area contributed by atoms with E-state index in [-0.39, 0.29) is 19.0 Å². The molecule has 1 aliphatic carbocycles. The molecule has 1 aliphatic heterocycles. The van der Waals surface area contributed by atoms with E-state index in [9.17, 15) is 27.9 Å². The molecule has 0 aromatic heterocycles. The lowest BCUT2D eigenvalue weighted by molar-refractivity contribution is -0.149. The smallest absolute Gasteiger partial charge is 0.311 e. The van der Waals surface area contributed by atoms with Gasteiger partial charge in [0.25, 0.3) is 5.91 Å². The number of benzene rings is 1. The van der Waals surface area contributed by atoms with Gasteiger partial charge in [0.15, 0.2) is 0 Å². The number of carboxylic acids is 1. The number of nitrogens with zero attached hydrogens (tertiary/aromatic N) is 1. The zero-order chi connectivity index (χ0) is 16.1. The van der Waals surface area contributed by atoms with Crippen LogP contribution in [0.25, 0.3) is 0 Å². The zero-order valence-electron chi connectivity index (χ0n) is 11.6. The molecule has 1 aromatic rings. The van der Waals surface area contributed by atoms with Crippen LogP contribution in [0.15, 0.2) is 12.1 Å². The van der Waals surface area contributed by atoms with Crippen molar-refractivity contribution in [1.29, 1.82) is 0 Å². The van der Waals surface area contributed by atoms with Gasteiger partial charge in [-0.05, 0) is 18.8 Å². The third-order valence-corrected chi connectivity index (χ3v) is 4.80. The van der Waals surface area contributed by atoms with Crippen molar-refractivity contribution in [3.05, 3.63) is 35.1 Å². The predicted molar refractivity (Wildman–Crippen MR) is 69.6 cm³/mol. The molecule has 1 saturated carbocycles. The minimum Gasteiger partial charge on any atom is -0.481 e. The molecule has 0 radical (unpaired) electrons. The summed E-state index contributed by atoms with van der Waals surface area (Å²) in [7, 11) is 0. The molecule has 0 unspecified atom stereocenters. The number of aliphatic carboxylic acids is 1. The number of amides is 1. The number of rotatable bonds is 2. The molecular formula is C15H14F3NO3. The Morgan fingerprint density at radius 1 is 1.23 bits per heavy atom. The van der Waals surface area contributed by atoms with Gasteiger partial charge < -0.3 is 10.0 Å². The van der Waals surface area contributed by atoms with Crippen LogP contribution in [0.3, 0.4) is 0 Å². The molecule has 4 nitrogen and oxygen atoms in total. The van der Waals surface area contributed by atoms with E-state index < -0.39 is 40.3 Å². The van der Waals surface area contributed by atoms with E-state index in [0.29, 0.717) is 25.0 Å². The SMILES string of the molecule is O=C(c1c(F)cc(F)cc1F)N1C[C@@H]2CCC[C@@]2(C(=O)O)C1.